The molecule has 0 saturated carbocycles. The lowest BCUT2D eigenvalue weighted by molar-refractivity contribution is 0.636. The van der Waals surface area contributed by atoms with Crippen molar-refractivity contribution >= 4 is 27.6 Å². The van der Waals surface area contributed by atoms with Crippen LogP contribution in [0.5, 0.6) is 0 Å². The van der Waals surface area contributed by atoms with E-state index < -0.39 is 5.82 Å². The van der Waals surface area contributed by atoms with Crippen LogP contribution in [0.1, 0.15) is 13.8 Å². The number of hydrogen-bond donors (Lipinski definition) is 3. The molecule has 8 nitrogen and oxygen atoms in total. The summed E-state index contributed by atoms with van der Waals surface area (Å²) in [6.07, 6.45) is 8.60. The summed E-state index contributed by atoms with van der Waals surface area (Å²) in [5.74, 6) is 0.367. The third-order valence-corrected chi connectivity index (χ3v) is 6.26. The molecule has 0 aliphatic rings. The van der Waals surface area contributed by atoms with Crippen molar-refractivity contribution in [1.82, 2.24) is 35.1 Å². The minimum Gasteiger partial charge on any atom is -0.358 e. The average Bonchev–Trinajstić information content (AvgIpc) is 3.53. The molecule has 0 saturated heterocycles. The van der Waals surface area contributed by atoms with Gasteiger partial charge in [0.1, 0.15) is 16.7 Å². The van der Waals surface area contributed by atoms with Gasteiger partial charge in [0.15, 0.2) is 11.6 Å². The predicted molar refractivity (Wildman–Crippen MR) is 143 cm³/mol. The van der Waals surface area contributed by atoms with Crippen LogP contribution < -0.4 is 5.32 Å². The van der Waals surface area contributed by atoms with E-state index in [0.717, 1.165) is 28.0 Å². The average molecular weight is 491 g/mol. The van der Waals surface area contributed by atoms with Gasteiger partial charge in [0.2, 0.25) is 0 Å². The first kappa shape index (κ1) is 22.5. The van der Waals surface area contributed by atoms with Gasteiger partial charge in [-0.3, -0.25) is 20.1 Å². The molecule has 0 aliphatic heterocycles. The number of aromatic amines is 2. The van der Waals surface area contributed by atoms with Crippen LogP contribution >= 0.6 is 0 Å². The van der Waals surface area contributed by atoms with Crippen molar-refractivity contribution in [3.63, 3.8) is 0 Å². The topological polar surface area (TPSA) is 108 Å². The summed E-state index contributed by atoms with van der Waals surface area (Å²) < 4.78 is 15.2. The molecule has 0 spiro atoms. The molecule has 9 heteroatoms. The molecule has 6 rings (SSSR count). The van der Waals surface area contributed by atoms with Crippen molar-refractivity contribution in [2.24, 2.45) is 5.92 Å². The summed E-state index contributed by atoms with van der Waals surface area (Å²) in [6.45, 7) is 8.18. The van der Waals surface area contributed by atoms with E-state index in [-0.39, 0.29) is 11.4 Å². The van der Waals surface area contributed by atoms with E-state index in [4.69, 9.17) is 4.98 Å². The molecule has 0 bridgehead atoms. The fraction of sp³-hybridized carbons (Fsp3) is 0.107. The van der Waals surface area contributed by atoms with Crippen LogP contribution in [0, 0.1) is 11.7 Å². The maximum atomic E-state index is 15.2. The lowest BCUT2D eigenvalue weighted by Gasteiger charge is -2.13. The number of aromatic nitrogens is 7. The Labute approximate surface area is 211 Å². The highest BCUT2D eigenvalue weighted by molar-refractivity contribution is 5.97. The van der Waals surface area contributed by atoms with Crippen LogP contribution in [0.15, 0.2) is 79.7 Å². The maximum absolute atomic E-state index is 15.2. The van der Waals surface area contributed by atoms with Gasteiger partial charge in [0.05, 0.1) is 23.1 Å². The van der Waals surface area contributed by atoms with Crippen LogP contribution in [-0.4, -0.2) is 35.1 Å². The van der Waals surface area contributed by atoms with E-state index in [1.165, 1.54) is 6.07 Å². The normalized spacial score (nSPS) is 11.5. The molecule has 0 atom stereocenters. The third-order valence-electron chi connectivity index (χ3n) is 6.26. The maximum Gasteiger partial charge on any atom is 0.157 e. The Morgan fingerprint density at radius 3 is 2.65 bits per heavy atom. The number of nitrogens with one attached hydrogen (secondary N) is 3. The summed E-state index contributed by atoms with van der Waals surface area (Å²) in [5.41, 5.74) is 6.99. The van der Waals surface area contributed by atoms with Crippen molar-refractivity contribution in [3.8, 4) is 33.9 Å². The summed E-state index contributed by atoms with van der Waals surface area (Å²) in [4.78, 5) is 21.2. The van der Waals surface area contributed by atoms with Gasteiger partial charge in [0.25, 0.3) is 0 Å². The fourth-order valence-electron chi connectivity index (χ4n) is 4.19. The number of allylic oxidation sites excluding steroid dienone is 1. The first-order valence-electron chi connectivity index (χ1n) is 11.8. The standard InChI is InChI=1S/C28H23FN8/c1-15(2)16(3)33-20-9-19(13-31-14-20)18-10-21-25(22(29)11-18)36-37-26(21)28-34-23-6-8-32-24(27(23)35-28)17-5-4-7-30-12-17/h4-15,33H,3H2,1-2H3,(H,34,35)(H,36,37). The Kier molecular flexibility index (Phi) is 5.45. The molecule has 6 aromatic rings. The van der Waals surface area contributed by atoms with Crippen LogP contribution in [0.3, 0.4) is 0 Å². The second-order valence-electron chi connectivity index (χ2n) is 9.10. The second kappa shape index (κ2) is 8.94. The molecule has 0 radical (unpaired) electrons. The molecule has 37 heavy (non-hydrogen) atoms. The zero-order chi connectivity index (χ0) is 25.5. The first-order valence-corrected chi connectivity index (χ1v) is 11.8. The van der Waals surface area contributed by atoms with Crippen LogP contribution in [0.4, 0.5) is 10.1 Å². The highest BCUT2D eigenvalue weighted by Crippen LogP contribution is 2.34. The quantitative estimate of drug-likeness (QED) is 0.251. The van der Waals surface area contributed by atoms with Crippen LogP contribution in [0.25, 0.3) is 55.8 Å². The molecular weight excluding hydrogens is 467 g/mol. The zero-order valence-electron chi connectivity index (χ0n) is 20.2. The van der Waals surface area contributed by atoms with Gasteiger partial charge < -0.3 is 10.3 Å². The zero-order valence-corrected chi connectivity index (χ0v) is 20.2. The highest BCUT2D eigenvalue weighted by atomic mass is 19.1. The molecule has 0 amide bonds. The van der Waals surface area contributed by atoms with Crippen LogP contribution in [0.2, 0.25) is 0 Å². The number of fused-ring (bicyclic) bond motifs is 2. The number of nitrogens with zero attached hydrogens (tertiary/aromatic N) is 5. The summed E-state index contributed by atoms with van der Waals surface area (Å²) >= 11 is 0. The van der Waals surface area contributed by atoms with Crippen molar-refractivity contribution in [2.75, 3.05) is 5.32 Å². The van der Waals surface area contributed by atoms with Crippen LogP contribution in [-0.2, 0) is 0 Å². The van der Waals surface area contributed by atoms with Crippen molar-refractivity contribution < 1.29 is 4.39 Å². The Balaban J connectivity index is 1.45. The number of H-pyrrole nitrogens is 2. The molecule has 3 N–H and O–H groups in total. The summed E-state index contributed by atoms with van der Waals surface area (Å²) in [6, 6.07) is 10.9. The number of hydrogen-bond acceptors (Lipinski definition) is 6. The Morgan fingerprint density at radius 2 is 1.84 bits per heavy atom. The minimum atomic E-state index is -0.436. The number of pyridine rings is 3. The number of imidazole rings is 1. The molecular formula is C28H23FN8. The summed E-state index contributed by atoms with van der Waals surface area (Å²) in [7, 11) is 0. The number of rotatable bonds is 6. The molecule has 0 aliphatic carbocycles. The predicted octanol–water partition coefficient (Wildman–Crippen LogP) is 6.35. The second-order valence-corrected chi connectivity index (χ2v) is 9.10. The molecule has 0 fully saturated rings. The Bertz CT molecular complexity index is 1770. The van der Waals surface area contributed by atoms with E-state index >= 15 is 4.39 Å². The number of anilines is 1. The molecule has 182 valence electrons. The van der Waals surface area contributed by atoms with E-state index in [2.05, 4.69) is 55.9 Å². The van der Waals surface area contributed by atoms with E-state index in [1.807, 2.05) is 30.3 Å². The largest absolute Gasteiger partial charge is 0.358 e. The Hall–Kier alpha value is -4.92. The van der Waals surface area contributed by atoms with Crippen molar-refractivity contribution in [1.29, 1.82) is 0 Å². The number of benzene rings is 1. The Morgan fingerprint density at radius 1 is 0.973 bits per heavy atom. The highest BCUT2D eigenvalue weighted by Gasteiger charge is 2.18. The van der Waals surface area contributed by atoms with Crippen molar-refractivity contribution in [2.45, 2.75) is 13.8 Å². The van der Waals surface area contributed by atoms with Gasteiger partial charge in [-0.25, -0.2) is 9.37 Å². The number of halogens is 1. The SMILES string of the molecule is C=C(Nc1cncc(-c2cc(F)c3n[nH]c(-c4nc5c(-c6cccnc6)nccc5[nH]4)c3c2)c1)C(C)C. The summed E-state index contributed by atoms with van der Waals surface area (Å²) in [5, 5.41) is 11.1. The van der Waals surface area contributed by atoms with Gasteiger partial charge in [-0.1, -0.05) is 20.4 Å². The van der Waals surface area contributed by atoms with Gasteiger partial charge in [-0.05, 0) is 47.9 Å². The van der Waals surface area contributed by atoms with Gasteiger partial charge in [-0.15, -0.1) is 0 Å². The molecule has 1 aromatic carbocycles. The van der Waals surface area contributed by atoms with E-state index in [9.17, 15) is 0 Å². The smallest absolute Gasteiger partial charge is 0.157 e. The molecule has 0 unspecified atom stereocenters. The van der Waals surface area contributed by atoms with Gasteiger partial charge in [0, 0.05) is 47.0 Å². The molecule has 5 aromatic heterocycles. The van der Waals surface area contributed by atoms with E-state index in [0.29, 0.717) is 33.7 Å². The van der Waals surface area contributed by atoms with Gasteiger partial charge in [-0.2, -0.15) is 5.10 Å². The lowest BCUT2D eigenvalue weighted by atomic mass is 10.0. The fourth-order valence-corrected chi connectivity index (χ4v) is 4.19. The third kappa shape index (κ3) is 4.10. The van der Waals surface area contributed by atoms with Crippen molar-refractivity contribution in [3.05, 3.63) is 85.5 Å². The van der Waals surface area contributed by atoms with Gasteiger partial charge >= 0.3 is 0 Å². The van der Waals surface area contributed by atoms with E-state index in [1.54, 1.807) is 31.0 Å². The monoisotopic (exact) mass is 490 g/mol. The first-order chi connectivity index (χ1) is 18.0. The minimum absolute atomic E-state index is 0.236. The lowest BCUT2D eigenvalue weighted by Crippen LogP contribution is -2.04. The molecule has 5 heterocycles.